The molecule has 3 nitrogen and oxygen atoms in total. The van der Waals surface area contributed by atoms with Gasteiger partial charge in [-0.2, -0.15) is 0 Å². The quantitative estimate of drug-likeness (QED) is 0.846. The number of rotatable bonds is 3. The Morgan fingerprint density at radius 1 is 1.17 bits per heavy atom. The molecule has 0 saturated heterocycles. The molecule has 2 heterocycles. The maximum atomic E-state index is 4.73. The molecule has 4 heteroatoms. The smallest absolute Gasteiger partial charge is 0.118 e. The van der Waals surface area contributed by atoms with Gasteiger partial charge < -0.3 is 0 Å². The Hall–Kier alpha value is -1.68. The van der Waals surface area contributed by atoms with E-state index in [0.717, 1.165) is 22.9 Å². The van der Waals surface area contributed by atoms with Crippen LogP contribution in [0.4, 0.5) is 0 Å². The van der Waals surface area contributed by atoms with Crippen molar-refractivity contribution in [3.05, 3.63) is 60.2 Å². The van der Waals surface area contributed by atoms with Crippen LogP contribution in [0.2, 0.25) is 0 Å². The van der Waals surface area contributed by atoms with Gasteiger partial charge in [-0.3, -0.25) is 15.0 Å². The van der Waals surface area contributed by atoms with E-state index in [2.05, 4.69) is 34.2 Å². The monoisotopic (exact) mass is 255 g/mol. The first-order valence-corrected chi connectivity index (χ1v) is 6.91. The van der Waals surface area contributed by atoms with E-state index < -0.39 is 0 Å². The summed E-state index contributed by atoms with van der Waals surface area (Å²) in [5, 5.41) is 1.02. The Bertz CT molecular complexity index is 539. The normalized spacial score (nSPS) is 18.7. The lowest BCUT2D eigenvalue weighted by Crippen LogP contribution is -2.07. The van der Waals surface area contributed by atoms with Crippen molar-refractivity contribution in [1.29, 1.82) is 0 Å². The van der Waals surface area contributed by atoms with E-state index in [0.29, 0.717) is 6.04 Å². The standard InChI is InChI=1S/C14H13N3S/c1-2-4-11(5-3-1)8-12-10-18-14(17-12)13-9-15-6-7-16-13/h1-7,9,12H,8,10H2. The third kappa shape index (κ3) is 2.59. The summed E-state index contributed by atoms with van der Waals surface area (Å²) < 4.78 is 0. The van der Waals surface area contributed by atoms with E-state index in [1.807, 2.05) is 6.07 Å². The summed E-state index contributed by atoms with van der Waals surface area (Å²) in [6.07, 6.45) is 6.17. The van der Waals surface area contributed by atoms with Crippen LogP contribution < -0.4 is 0 Å². The minimum absolute atomic E-state index is 0.356. The molecule has 3 rings (SSSR count). The summed E-state index contributed by atoms with van der Waals surface area (Å²) in [4.78, 5) is 13.1. The van der Waals surface area contributed by atoms with Crippen LogP contribution in [-0.2, 0) is 6.42 Å². The minimum Gasteiger partial charge on any atom is -0.272 e. The zero-order valence-electron chi connectivity index (χ0n) is 9.86. The van der Waals surface area contributed by atoms with Crippen LogP contribution in [0.15, 0.2) is 53.9 Å². The van der Waals surface area contributed by atoms with Gasteiger partial charge in [-0.05, 0) is 12.0 Å². The van der Waals surface area contributed by atoms with Gasteiger partial charge in [0.2, 0.25) is 0 Å². The second-order valence-electron chi connectivity index (χ2n) is 4.18. The molecule has 1 unspecified atom stereocenters. The Labute approximate surface area is 110 Å². The number of nitrogens with zero attached hydrogens (tertiary/aromatic N) is 3. The first-order chi connectivity index (χ1) is 8.92. The van der Waals surface area contributed by atoms with Gasteiger partial charge >= 0.3 is 0 Å². The Morgan fingerprint density at radius 3 is 2.83 bits per heavy atom. The van der Waals surface area contributed by atoms with Crippen LogP contribution >= 0.6 is 11.8 Å². The predicted molar refractivity (Wildman–Crippen MR) is 75.0 cm³/mol. The second-order valence-corrected chi connectivity index (χ2v) is 5.19. The van der Waals surface area contributed by atoms with Gasteiger partial charge in [0.05, 0.1) is 12.2 Å². The molecule has 0 fully saturated rings. The minimum atomic E-state index is 0.356. The summed E-state index contributed by atoms with van der Waals surface area (Å²) >= 11 is 1.77. The van der Waals surface area contributed by atoms with Crippen molar-refractivity contribution >= 4 is 16.8 Å². The van der Waals surface area contributed by atoms with E-state index >= 15 is 0 Å². The Morgan fingerprint density at radius 2 is 2.06 bits per heavy atom. The fourth-order valence-electron chi connectivity index (χ4n) is 1.96. The lowest BCUT2D eigenvalue weighted by atomic mass is 10.1. The third-order valence-electron chi connectivity index (χ3n) is 2.81. The molecule has 18 heavy (non-hydrogen) atoms. The average Bonchev–Trinajstić information content (AvgIpc) is 2.89. The second kappa shape index (κ2) is 5.31. The number of aromatic nitrogens is 2. The highest BCUT2D eigenvalue weighted by Gasteiger charge is 2.20. The number of aliphatic imine (C=N–C) groups is 1. The van der Waals surface area contributed by atoms with Gasteiger partial charge in [-0.25, -0.2) is 0 Å². The van der Waals surface area contributed by atoms with Crippen molar-refractivity contribution in [1.82, 2.24) is 9.97 Å². The van der Waals surface area contributed by atoms with Crippen LogP contribution in [-0.4, -0.2) is 26.8 Å². The largest absolute Gasteiger partial charge is 0.272 e. The molecular weight excluding hydrogens is 242 g/mol. The van der Waals surface area contributed by atoms with Crippen LogP contribution in [0, 0.1) is 0 Å². The van der Waals surface area contributed by atoms with Crippen LogP contribution in [0.3, 0.4) is 0 Å². The van der Waals surface area contributed by atoms with Crippen LogP contribution in [0.25, 0.3) is 0 Å². The van der Waals surface area contributed by atoms with Gasteiger partial charge in [0.15, 0.2) is 0 Å². The number of benzene rings is 1. The number of hydrogen-bond donors (Lipinski definition) is 0. The van der Waals surface area contributed by atoms with Crippen LogP contribution in [0.1, 0.15) is 11.3 Å². The summed E-state index contributed by atoms with van der Waals surface area (Å²) in [7, 11) is 0. The molecule has 0 spiro atoms. The first-order valence-electron chi connectivity index (χ1n) is 5.93. The predicted octanol–water partition coefficient (Wildman–Crippen LogP) is 2.58. The molecule has 90 valence electrons. The molecule has 1 aliphatic heterocycles. The van der Waals surface area contributed by atoms with E-state index in [4.69, 9.17) is 4.99 Å². The molecule has 0 N–H and O–H groups in total. The van der Waals surface area contributed by atoms with E-state index in [1.54, 1.807) is 30.4 Å². The molecule has 0 aliphatic carbocycles. The lowest BCUT2D eigenvalue weighted by molar-refractivity contribution is 0.762. The molecular formula is C14H13N3S. The van der Waals surface area contributed by atoms with E-state index in [-0.39, 0.29) is 0 Å². The van der Waals surface area contributed by atoms with Crippen molar-refractivity contribution in [3.63, 3.8) is 0 Å². The third-order valence-corrected chi connectivity index (χ3v) is 3.95. The zero-order chi connectivity index (χ0) is 12.2. The van der Waals surface area contributed by atoms with Crippen LogP contribution in [0.5, 0.6) is 0 Å². The molecule has 1 aliphatic rings. The highest BCUT2D eigenvalue weighted by atomic mass is 32.2. The van der Waals surface area contributed by atoms with Gasteiger partial charge in [0.1, 0.15) is 10.7 Å². The number of thioether (sulfide) groups is 1. The molecule has 0 amide bonds. The summed E-state index contributed by atoms with van der Waals surface area (Å²) in [5.74, 6) is 1.03. The summed E-state index contributed by atoms with van der Waals surface area (Å²) in [6.45, 7) is 0. The molecule has 2 aromatic rings. The van der Waals surface area contributed by atoms with E-state index in [9.17, 15) is 0 Å². The zero-order valence-corrected chi connectivity index (χ0v) is 10.7. The lowest BCUT2D eigenvalue weighted by Gasteiger charge is -2.04. The average molecular weight is 255 g/mol. The molecule has 1 aromatic heterocycles. The summed E-state index contributed by atoms with van der Waals surface area (Å²) in [5.41, 5.74) is 2.23. The van der Waals surface area contributed by atoms with Crippen molar-refractivity contribution < 1.29 is 0 Å². The molecule has 1 atom stereocenters. The fourth-order valence-corrected chi connectivity index (χ4v) is 2.98. The Balaban J connectivity index is 1.73. The van der Waals surface area contributed by atoms with Gasteiger partial charge in [0, 0.05) is 18.1 Å². The van der Waals surface area contributed by atoms with Crippen molar-refractivity contribution in [2.75, 3.05) is 5.75 Å². The SMILES string of the molecule is c1ccc(CC2CSC(c3cnccn3)=N2)cc1. The maximum Gasteiger partial charge on any atom is 0.118 e. The Kier molecular flexibility index (Phi) is 3.37. The topological polar surface area (TPSA) is 38.1 Å². The number of hydrogen-bond acceptors (Lipinski definition) is 4. The highest BCUT2D eigenvalue weighted by molar-refractivity contribution is 8.14. The molecule has 0 bridgehead atoms. The molecule has 1 aromatic carbocycles. The van der Waals surface area contributed by atoms with Gasteiger partial charge in [-0.1, -0.05) is 30.3 Å². The maximum absolute atomic E-state index is 4.73. The molecule has 0 saturated carbocycles. The first kappa shape index (κ1) is 11.4. The van der Waals surface area contributed by atoms with Crippen molar-refractivity contribution in [3.8, 4) is 0 Å². The van der Waals surface area contributed by atoms with Crippen molar-refractivity contribution in [2.45, 2.75) is 12.5 Å². The summed E-state index contributed by atoms with van der Waals surface area (Å²) in [6, 6.07) is 10.9. The fraction of sp³-hybridized carbons (Fsp3) is 0.214. The van der Waals surface area contributed by atoms with Crippen molar-refractivity contribution in [2.24, 2.45) is 4.99 Å². The molecule has 0 radical (unpaired) electrons. The van der Waals surface area contributed by atoms with E-state index in [1.165, 1.54) is 5.56 Å². The highest BCUT2D eigenvalue weighted by Crippen LogP contribution is 2.24. The van der Waals surface area contributed by atoms with Gasteiger partial charge in [0.25, 0.3) is 0 Å². The van der Waals surface area contributed by atoms with Gasteiger partial charge in [-0.15, -0.1) is 11.8 Å².